The molecule has 18 heavy (non-hydrogen) atoms. The number of nitro groups is 1. The van der Waals surface area contributed by atoms with Crippen LogP contribution in [0.5, 0.6) is 0 Å². The number of hydrogen-bond acceptors (Lipinski definition) is 5. The predicted octanol–water partition coefficient (Wildman–Crippen LogP) is 3.02. The summed E-state index contributed by atoms with van der Waals surface area (Å²) in [5.41, 5.74) is 0.608. The van der Waals surface area contributed by atoms with E-state index in [-0.39, 0.29) is 17.3 Å². The lowest BCUT2D eigenvalue weighted by Gasteiger charge is -2.14. The lowest BCUT2D eigenvalue weighted by molar-refractivity contribution is -0.385. The van der Waals surface area contributed by atoms with Gasteiger partial charge in [0.15, 0.2) is 0 Å². The minimum Gasteiger partial charge on any atom is -0.382 e. The number of hydrogen-bond donors (Lipinski definition) is 1. The van der Waals surface area contributed by atoms with Crippen LogP contribution in [0.4, 0.5) is 11.4 Å². The standard InChI is InChI=1S/C12H15N3O2S/c1-9(5-6-18-2)14-11-4-3-10(8-13)12(7-11)15(16)17/h3-4,7,9,14H,5-6H2,1-2H3. The van der Waals surface area contributed by atoms with Crippen LogP contribution in [0.15, 0.2) is 18.2 Å². The molecule has 0 aromatic heterocycles. The maximum absolute atomic E-state index is 10.8. The van der Waals surface area contributed by atoms with Gasteiger partial charge in [0, 0.05) is 17.8 Å². The smallest absolute Gasteiger partial charge is 0.289 e. The Morgan fingerprint density at radius 1 is 1.61 bits per heavy atom. The van der Waals surface area contributed by atoms with E-state index in [1.165, 1.54) is 12.1 Å². The predicted molar refractivity (Wildman–Crippen MR) is 73.9 cm³/mol. The summed E-state index contributed by atoms with van der Waals surface area (Å²) in [4.78, 5) is 10.3. The third-order valence-corrected chi connectivity index (χ3v) is 3.13. The number of nitro benzene ring substituents is 1. The van der Waals surface area contributed by atoms with Gasteiger partial charge in [0.25, 0.3) is 5.69 Å². The van der Waals surface area contributed by atoms with Gasteiger partial charge < -0.3 is 5.32 Å². The summed E-state index contributed by atoms with van der Waals surface area (Å²) < 4.78 is 0. The van der Waals surface area contributed by atoms with Gasteiger partial charge in [-0.1, -0.05) is 0 Å². The van der Waals surface area contributed by atoms with E-state index in [0.717, 1.165) is 12.2 Å². The quantitative estimate of drug-likeness (QED) is 0.631. The molecule has 5 nitrogen and oxygen atoms in total. The molecule has 1 N–H and O–H groups in total. The number of anilines is 1. The fourth-order valence-electron chi connectivity index (χ4n) is 1.52. The molecule has 1 aromatic rings. The zero-order chi connectivity index (χ0) is 13.5. The SMILES string of the molecule is CSCCC(C)Nc1ccc(C#N)c([N+](=O)[O-])c1. The Balaban J connectivity index is 2.82. The Bertz CT molecular complexity index is 471. The zero-order valence-corrected chi connectivity index (χ0v) is 11.2. The highest BCUT2D eigenvalue weighted by Gasteiger charge is 2.14. The first-order valence-corrected chi connectivity index (χ1v) is 6.92. The Morgan fingerprint density at radius 3 is 2.89 bits per heavy atom. The van der Waals surface area contributed by atoms with Crippen LogP contribution in [-0.4, -0.2) is 23.0 Å². The van der Waals surface area contributed by atoms with E-state index >= 15 is 0 Å². The van der Waals surface area contributed by atoms with Crippen molar-refractivity contribution in [2.45, 2.75) is 19.4 Å². The molecule has 0 amide bonds. The summed E-state index contributed by atoms with van der Waals surface area (Å²) in [6.07, 6.45) is 3.02. The van der Waals surface area contributed by atoms with Crippen LogP contribution in [0.3, 0.4) is 0 Å². The average Bonchev–Trinajstić information content (AvgIpc) is 2.36. The highest BCUT2D eigenvalue weighted by molar-refractivity contribution is 7.98. The number of thioether (sulfide) groups is 1. The summed E-state index contributed by atoms with van der Waals surface area (Å²) in [5, 5.41) is 22.8. The monoisotopic (exact) mass is 265 g/mol. The summed E-state index contributed by atoms with van der Waals surface area (Å²) >= 11 is 1.76. The van der Waals surface area contributed by atoms with E-state index in [2.05, 4.69) is 5.32 Å². The van der Waals surface area contributed by atoms with Crippen molar-refractivity contribution in [3.8, 4) is 6.07 Å². The van der Waals surface area contributed by atoms with E-state index in [4.69, 9.17) is 5.26 Å². The Hall–Kier alpha value is -1.74. The van der Waals surface area contributed by atoms with Crippen LogP contribution in [0.25, 0.3) is 0 Å². The summed E-state index contributed by atoms with van der Waals surface area (Å²) in [7, 11) is 0. The zero-order valence-electron chi connectivity index (χ0n) is 10.3. The van der Waals surface area contributed by atoms with Gasteiger partial charge in [-0.25, -0.2) is 0 Å². The van der Waals surface area contributed by atoms with Crippen LogP contribution in [0.1, 0.15) is 18.9 Å². The first-order valence-electron chi connectivity index (χ1n) is 5.52. The summed E-state index contributed by atoms with van der Waals surface area (Å²) in [6, 6.07) is 6.64. The van der Waals surface area contributed by atoms with Crippen LogP contribution in [0.2, 0.25) is 0 Å². The van der Waals surface area contributed by atoms with Crippen molar-refractivity contribution in [2.75, 3.05) is 17.3 Å². The van der Waals surface area contributed by atoms with Crippen molar-refractivity contribution in [1.82, 2.24) is 0 Å². The highest BCUT2D eigenvalue weighted by Crippen LogP contribution is 2.23. The van der Waals surface area contributed by atoms with E-state index in [0.29, 0.717) is 5.69 Å². The molecule has 0 fully saturated rings. The molecule has 0 saturated heterocycles. The molecule has 0 aliphatic rings. The van der Waals surface area contributed by atoms with Crippen LogP contribution >= 0.6 is 11.8 Å². The number of rotatable bonds is 6. The van der Waals surface area contributed by atoms with Gasteiger partial charge in [-0.2, -0.15) is 17.0 Å². The van der Waals surface area contributed by atoms with Crippen molar-refractivity contribution in [3.05, 3.63) is 33.9 Å². The highest BCUT2D eigenvalue weighted by atomic mass is 32.2. The lowest BCUT2D eigenvalue weighted by atomic mass is 10.1. The molecule has 1 unspecified atom stereocenters. The van der Waals surface area contributed by atoms with Crippen molar-refractivity contribution in [1.29, 1.82) is 5.26 Å². The number of nitriles is 1. The second-order valence-electron chi connectivity index (χ2n) is 3.93. The largest absolute Gasteiger partial charge is 0.382 e. The summed E-state index contributed by atoms with van der Waals surface area (Å²) in [5.74, 6) is 1.03. The molecule has 0 bridgehead atoms. The fourth-order valence-corrected chi connectivity index (χ4v) is 2.11. The molecule has 0 aliphatic carbocycles. The van der Waals surface area contributed by atoms with Crippen molar-refractivity contribution in [2.24, 2.45) is 0 Å². The first-order chi connectivity index (χ1) is 8.58. The molecule has 6 heteroatoms. The van der Waals surface area contributed by atoms with Gasteiger partial charge in [0.2, 0.25) is 0 Å². The Kier molecular flexibility index (Phi) is 5.46. The summed E-state index contributed by atoms with van der Waals surface area (Å²) in [6.45, 7) is 2.03. The Labute approximate surface area is 110 Å². The Morgan fingerprint density at radius 2 is 2.33 bits per heavy atom. The van der Waals surface area contributed by atoms with Gasteiger partial charge in [0.1, 0.15) is 11.6 Å². The van der Waals surface area contributed by atoms with E-state index in [1.54, 1.807) is 17.8 Å². The second kappa shape index (κ2) is 6.87. The molecule has 0 radical (unpaired) electrons. The molecule has 96 valence electrons. The molecule has 1 rings (SSSR count). The van der Waals surface area contributed by atoms with Gasteiger partial charge in [-0.3, -0.25) is 10.1 Å². The average molecular weight is 265 g/mol. The minimum atomic E-state index is -0.531. The van der Waals surface area contributed by atoms with E-state index in [9.17, 15) is 10.1 Å². The molecular formula is C12H15N3O2S. The van der Waals surface area contributed by atoms with Crippen LogP contribution < -0.4 is 5.32 Å². The van der Waals surface area contributed by atoms with Crippen molar-refractivity contribution >= 4 is 23.1 Å². The van der Waals surface area contributed by atoms with Crippen molar-refractivity contribution < 1.29 is 4.92 Å². The van der Waals surface area contributed by atoms with E-state index < -0.39 is 4.92 Å². The van der Waals surface area contributed by atoms with Crippen LogP contribution in [0, 0.1) is 21.4 Å². The number of nitrogens with zero attached hydrogens (tertiary/aromatic N) is 2. The number of benzene rings is 1. The fraction of sp³-hybridized carbons (Fsp3) is 0.417. The van der Waals surface area contributed by atoms with Gasteiger partial charge in [-0.15, -0.1) is 0 Å². The third-order valence-electron chi connectivity index (χ3n) is 2.48. The molecule has 1 aromatic carbocycles. The topological polar surface area (TPSA) is 79.0 Å². The maximum atomic E-state index is 10.8. The molecule has 1 atom stereocenters. The lowest BCUT2D eigenvalue weighted by Crippen LogP contribution is -2.16. The molecule has 0 heterocycles. The first kappa shape index (κ1) is 14.3. The van der Waals surface area contributed by atoms with Crippen molar-refractivity contribution in [3.63, 3.8) is 0 Å². The van der Waals surface area contributed by atoms with Gasteiger partial charge >= 0.3 is 0 Å². The maximum Gasteiger partial charge on any atom is 0.289 e. The van der Waals surface area contributed by atoms with Gasteiger partial charge in [0.05, 0.1) is 4.92 Å². The normalized spacial score (nSPS) is 11.6. The third kappa shape index (κ3) is 3.93. The number of nitrogens with one attached hydrogen (secondary N) is 1. The molecule has 0 saturated carbocycles. The van der Waals surface area contributed by atoms with Crippen LogP contribution in [-0.2, 0) is 0 Å². The van der Waals surface area contributed by atoms with Gasteiger partial charge in [-0.05, 0) is 37.5 Å². The molecule has 0 spiro atoms. The molecular weight excluding hydrogens is 250 g/mol. The second-order valence-corrected chi connectivity index (χ2v) is 4.91. The van der Waals surface area contributed by atoms with E-state index in [1.807, 2.05) is 19.2 Å². The molecule has 0 aliphatic heterocycles. The minimum absolute atomic E-state index is 0.0855.